The summed E-state index contributed by atoms with van der Waals surface area (Å²) in [5, 5.41) is 3.45. The number of hydrogen-bond acceptors (Lipinski definition) is 5. The molecule has 2 amide bonds. The van der Waals surface area contributed by atoms with E-state index in [1.54, 1.807) is 7.11 Å². The second-order valence-corrected chi connectivity index (χ2v) is 7.56. The minimum Gasteiger partial charge on any atom is -0.496 e. The number of para-hydroxylation sites is 1. The minimum atomic E-state index is -0.470. The Balaban J connectivity index is 1.65. The molecule has 3 N–H and O–H groups in total. The maximum Gasteiger partial charge on any atom is 0.251 e. The Morgan fingerprint density at radius 2 is 2.08 bits per heavy atom. The van der Waals surface area contributed by atoms with Crippen LogP contribution in [0.3, 0.4) is 0 Å². The van der Waals surface area contributed by atoms with E-state index in [4.69, 9.17) is 10.5 Å². The lowest BCUT2D eigenvalue weighted by Gasteiger charge is -2.18. The summed E-state index contributed by atoms with van der Waals surface area (Å²) in [5.41, 5.74) is 8.05. The van der Waals surface area contributed by atoms with Crippen molar-refractivity contribution in [1.29, 1.82) is 0 Å². The number of benzene rings is 1. The van der Waals surface area contributed by atoms with Gasteiger partial charge in [0.05, 0.1) is 19.2 Å². The molecule has 0 radical (unpaired) electrons. The molecule has 1 aromatic heterocycles. The van der Waals surface area contributed by atoms with Crippen LogP contribution in [0.4, 0.5) is 5.00 Å². The number of nitrogens with one attached hydrogen (secondary N) is 1. The van der Waals surface area contributed by atoms with E-state index in [-0.39, 0.29) is 12.5 Å². The van der Waals surface area contributed by atoms with E-state index in [1.165, 1.54) is 11.3 Å². The van der Waals surface area contributed by atoms with Gasteiger partial charge in [-0.3, -0.25) is 14.5 Å². The number of primary amides is 1. The summed E-state index contributed by atoms with van der Waals surface area (Å²) in [5.74, 6) is 0.164. The van der Waals surface area contributed by atoms with E-state index in [9.17, 15) is 9.59 Å². The van der Waals surface area contributed by atoms with Crippen LogP contribution in [0.5, 0.6) is 5.75 Å². The third kappa shape index (κ3) is 3.89. The molecule has 1 aliphatic carbocycles. The van der Waals surface area contributed by atoms with Crippen LogP contribution in [0.1, 0.15) is 32.8 Å². The molecule has 26 heavy (non-hydrogen) atoms. The van der Waals surface area contributed by atoms with Gasteiger partial charge in [0, 0.05) is 17.0 Å². The molecule has 6 nitrogen and oxygen atoms in total. The van der Waals surface area contributed by atoms with E-state index in [0.29, 0.717) is 17.1 Å². The lowest BCUT2D eigenvalue weighted by atomic mass is 10.1. The highest BCUT2D eigenvalue weighted by atomic mass is 32.1. The Morgan fingerprint density at radius 1 is 1.31 bits per heavy atom. The summed E-state index contributed by atoms with van der Waals surface area (Å²) < 4.78 is 5.35. The summed E-state index contributed by atoms with van der Waals surface area (Å²) in [6, 6.07) is 7.73. The lowest BCUT2D eigenvalue weighted by Crippen LogP contribution is -2.30. The van der Waals surface area contributed by atoms with Gasteiger partial charge in [-0.2, -0.15) is 0 Å². The maximum absolute atomic E-state index is 12.4. The Bertz CT molecular complexity index is 831. The highest BCUT2D eigenvalue weighted by molar-refractivity contribution is 7.17. The van der Waals surface area contributed by atoms with Gasteiger partial charge in [-0.05, 0) is 37.9 Å². The molecular weight excluding hydrogens is 350 g/mol. The molecule has 1 heterocycles. The Morgan fingerprint density at radius 3 is 2.81 bits per heavy atom. The highest BCUT2D eigenvalue weighted by Gasteiger charge is 2.26. The molecule has 2 aromatic rings. The smallest absolute Gasteiger partial charge is 0.251 e. The fourth-order valence-corrected chi connectivity index (χ4v) is 4.66. The number of nitrogens with zero attached hydrogens (tertiary/aromatic N) is 1. The number of methoxy groups -OCH3 is 1. The lowest BCUT2D eigenvalue weighted by molar-refractivity contribution is -0.117. The summed E-state index contributed by atoms with van der Waals surface area (Å²) in [7, 11) is 3.50. The second kappa shape index (κ2) is 7.88. The van der Waals surface area contributed by atoms with Gasteiger partial charge >= 0.3 is 0 Å². The molecule has 0 aliphatic heterocycles. The molecule has 0 atom stereocenters. The zero-order valence-corrected chi connectivity index (χ0v) is 15.8. The number of ether oxygens (including phenoxy) is 1. The highest BCUT2D eigenvalue weighted by Crippen LogP contribution is 2.38. The van der Waals surface area contributed by atoms with Gasteiger partial charge < -0.3 is 15.8 Å². The summed E-state index contributed by atoms with van der Waals surface area (Å²) in [6.07, 6.45) is 2.84. The number of thiophene rings is 1. The van der Waals surface area contributed by atoms with E-state index in [2.05, 4.69) is 5.32 Å². The average molecular weight is 373 g/mol. The van der Waals surface area contributed by atoms with Gasteiger partial charge in [0.2, 0.25) is 5.91 Å². The Hall–Kier alpha value is -2.38. The van der Waals surface area contributed by atoms with Crippen LogP contribution in [-0.2, 0) is 24.2 Å². The van der Waals surface area contributed by atoms with Crippen molar-refractivity contribution in [1.82, 2.24) is 4.90 Å². The number of amides is 2. The second-order valence-electron chi connectivity index (χ2n) is 6.46. The van der Waals surface area contributed by atoms with Crippen molar-refractivity contribution in [2.45, 2.75) is 25.8 Å². The SMILES string of the molecule is COc1ccccc1CN(C)CC(=O)Nc1sc2c(c1C(N)=O)CCC2. The fourth-order valence-electron chi connectivity index (χ4n) is 3.34. The van der Waals surface area contributed by atoms with Crippen LogP contribution in [-0.4, -0.2) is 37.4 Å². The van der Waals surface area contributed by atoms with Crippen molar-refractivity contribution in [2.24, 2.45) is 5.73 Å². The number of aryl methyl sites for hydroxylation is 1. The first-order valence-electron chi connectivity index (χ1n) is 8.54. The molecule has 1 aromatic carbocycles. The average Bonchev–Trinajstić information content (AvgIpc) is 3.15. The quantitative estimate of drug-likeness (QED) is 0.781. The summed E-state index contributed by atoms with van der Waals surface area (Å²) in [4.78, 5) is 27.3. The molecule has 0 saturated heterocycles. The van der Waals surface area contributed by atoms with Crippen LogP contribution in [0.25, 0.3) is 0 Å². The number of likely N-dealkylation sites (N-methyl/N-ethyl adjacent to an activating group) is 1. The molecule has 3 rings (SSSR count). The third-order valence-corrected chi connectivity index (χ3v) is 5.67. The van der Waals surface area contributed by atoms with Gasteiger partial charge in [0.15, 0.2) is 0 Å². The van der Waals surface area contributed by atoms with Gasteiger partial charge in [0.1, 0.15) is 10.8 Å². The molecule has 0 fully saturated rings. The largest absolute Gasteiger partial charge is 0.496 e. The molecule has 1 aliphatic rings. The van der Waals surface area contributed by atoms with Crippen molar-refractivity contribution in [2.75, 3.05) is 26.0 Å². The number of hydrogen-bond donors (Lipinski definition) is 2. The molecule has 0 saturated carbocycles. The number of carbonyl (C=O) groups excluding carboxylic acids is 2. The molecule has 138 valence electrons. The predicted octanol–water partition coefficient (Wildman–Crippen LogP) is 2.41. The van der Waals surface area contributed by atoms with Crippen molar-refractivity contribution < 1.29 is 14.3 Å². The molecule has 7 heteroatoms. The summed E-state index contributed by atoms with van der Waals surface area (Å²) in [6.45, 7) is 0.792. The van der Waals surface area contributed by atoms with Crippen molar-refractivity contribution >= 4 is 28.2 Å². The van der Waals surface area contributed by atoms with Crippen molar-refractivity contribution in [3.63, 3.8) is 0 Å². The normalized spacial score (nSPS) is 12.9. The fraction of sp³-hybridized carbons (Fsp3) is 0.368. The van der Waals surface area contributed by atoms with Gasteiger partial charge in [0.25, 0.3) is 5.91 Å². The van der Waals surface area contributed by atoms with Crippen LogP contribution in [0, 0.1) is 0 Å². The molecule has 0 unspecified atom stereocenters. The predicted molar refractivity (Wildman–Crippen MR) is 103 cm³/mol. The van der Waals surface area contributed by atoms with E-state index in [0.717, 1.165) is 41.0 Å². The van der Waals surface area contributed by atoms with E-state index < -0.39 is 5.91 Å². The maximum atomic E-state index is 12.4. The van der Waals surface area contributed by atoms with Crippen LogP contribution in [0.2, 0.25) is 0 Å². The third-order valence-electron chi connectivity index (χ3n) is 4.47. The van der Waals surface area contributed by atoms with Gasteiger partial charge in [-0.1, -0.05) is 18.2 Å². The zero-order valence-electron chi connectivity index (χ0n) is 15.0. The summed E-state index contributed by atoms with van der Waals surface area (Å²) >= 11 is 1.47. The number of carbonyl (C=O) groups is 2. The number of nitrogens with two attached hydrogens (primary N) is 1. The number of anilines is 1. The zero-order chi connectivity index (χ0) is 18.7. The first-order chi connectivity index (χ1) is 12.5. The van der Waals surface area contributed by atoms with Crippen molar-refractivity contribution in [3.8, 4) is 5.75 Å². The molecule has 0 spiro atoms. The molecule has 0 bridgehead atoms. The monoisotopic (exact) mass is 373 g/mol. The van der Waals surface area contributed by atoms with Crippen LogP contribution in [0.15, 0.2) is 24.3 Å². The van der Waals surface area contributed by atoms with Crippen molar-refractivity contribution in [3.05, 3.63) is 45.8 Å². The standard InChI is InChI=1S/C19H23N3O3S/c1-22(10-12-6-3-4-8-14(12)25-2)11-16(23)21-19-17(18(20)24)13-7-5-9-15(13)26-19/h3-4,6,8H,5,7,9-11H2,1-2H3,(H2,20,24)(H,21,23). The van der Waals surface area contributed by atoms with Gasteiger partial charge in [-0.25, -0.2) is 0 Å². The van der Waals surface area contributed by atoms with Gasteiger partial charge in [-0.15, -0.1) is 11.3 Å². The first kappa shape index (κ1) is 18.4. The topological polar surface area (TPSA) is 84.7 Å². The Labute approximate surface area is 156 Å². The van der Waals surface area contributed by atoms with Crippen LogP contribution >= 0.6 is 11.3 Å². The minimum absolute atomic E-state index is 0.162. The molecular formula is C19H23N3O3S. The van der Waals surface area contributed by atoms with Crippen LogP contribution < -0.4 is 15.8 Å². The number of fused-ring (bicyclic) bond motifs is 1. The number of rotatable bonds is 7. The Kier molecular flexibility index (Phi) is 5.58. The first-order valence-corrected chi connectivity index (χ1v) is 9.36. The van der Waals surface area contributed by atoms with E-state index >= 15 is 0 Å². The van der Waals surface area contributed by atoms with E-state index in [1.807, 2.05) is 36.2 Å².